The number of aromatic hydroxyl groups is 1. The molecule has 4 nitrogen and oxygen atoms in total. The molecule has 1 unspecified atom stereocenters. The van der Waals surface area contributed by atoms with Crippen LogP contribution in [-0.4, -0.2) is 23.1 Å². The van der Waals surface area contributed by atoms with Crippen LogP contribution in [0.4, 0.5) is 0 Å². The molecule has 0 aliphatic heterocycles. The highest BCUT2D eigenvalue weighted by atomic mass is 16.3. The van der Waals surface area contributed by atoms with Crippen molar-refractivity contribution in [2.24, 2.45) is 11.7 Å². The molecule has 1 amide bonds. The predicted octanol–water partition coefficient (Wildman–Crippen LogP) is 1.96. The van der Waals surface area contributed by atoms with Gasteiger partial charge in [-0.2, -0.15) is 0 Å². The van der Waals surface area contributed by atoms with E-state index in [0.717, 1.165) is 24.3 Å². The fourth-order valence-electron chi connectivity index (χ4n) is 2.69. The summed E-state index contributed by atoms with van der Waals surface area (Å²) in [5, 5.41) is 12.3. The number of nitrogens with one attached hydrogen (secondary N) is 1. The van der Waals surface area contributed by atoms with Crippen LogP contribution in [0.2, 0.25) is 0 Å². The van der Waals surface area contributed by atoms with Gasteiger partial charge in [0.05, 0.1) is 6.04 Å². The number of phenolic OH excluding ortho intramolecular Hbond substituents is 1. The first-order chi connectivity index (χ1) is 9.54. The van der Waals surface area contributed by atoms with Gasteiger partial charge in [0, 0.05) is 6.04 Å². The molecule has 110 valence electrons. The minimum absolute atomic E-state index is 0.0716. The lowest BCUT2D eigenvalue weighted by molar-refractivity contribution is -0.123. The lowest BCUT2D eigenvalue weighted by Gasteiger charge is -2.27. The van der Waals surface area contributed by atoms with Gasteiger partial charge in [0.15, 0.2) is 0 Å². The van der Waals surface area contributed by atoms with Crippen molar-refractivity contribution in [3.63, 3.8) is 0 Å². The summed E-state index contributed by atoms with van der Waals surface area (Å²) >= 11 is 0. The van der Waals surface area contributed by atoms with Crippen molar-refractivity contribution in [1.29, 1.82) is 0 Å². The Labute approximate surface area is 120 Å². The van der Waals surface area contributed by atoms with Gasteiger partial charge in [-0.15, -0.1) is 0 Å². The summed E-state index contributed by atoms with van der Waals surface area (Å²) in [5.41, 5.74) is 6.92. The maximum Gasteiger partial charge on any atom is 0.237 e. The van der Waals surface area contributed by atoms with Gasteiger partial charge in [-0.05, 0) is 55.7 Å². The average Bonchev–Trinajstić information content (AvgIpc) is 2.44. The Morgan fingerprint density at radius 3 is 2.50 bits per heavy atom. The molecular weight excluding hydrogens is 252 g/mol. The maximum atomic E-state index is 12.1. The Bertz CT molecular complexity index is 436. The Hall–Kier alpha value is -1.55. The molecule has 1 aromatic rings. The zero-order valence-corrected chi connectivity index (χ0v) is 12.0. The van der Waals surface area contributed by atoms with Crippen molar-refractivity contribution in [3.05, 3.63) is 29.8 Å². The van der Waals surface area contributed by atoms with Crippen LogP contribution in [0.5, 0.6) is 5.75 Å². The topological polar surface area (TPSA) is 75.4 Å². The number of carbonyl (C=O) groups is 1. The van der Waals surface area contributed by atoms with Crippen molar-refractivity contribution in [2.45, 2.75) is 51.1 Å². The summed E-state index contributed by atoms with van der Waals surface area (Å²) in [5.74, 6) is 0.926. The normalized spacial score (nSPS) is 24.1. The van der Waals surface area contributed by atoms with Crippen molar-refractivity contribution >= 4 is 5.91 Å². The molecule has 1 aliphatic carbocycles. The van der Waals surface area contributed by atoms with Crippen LogP contribution in [0.1, 0.15) is 38.2 Å². The third-order valence-corrected chi connectivity index (χ3v) is 4.09. The van der Waals surface area contributed by atoms with E-state index in [1.165, 1.54) is 12.8 Å². The molecule has 0 bridgehead atoms. The van der Waals surface area contributed by atoms with Crippen molar-refractivity contribution in [2.75, 3.05) is 0 Å². The minimum atomic E-state index is -0.529. The Kier molecular flexibility index (Phi) is 5.01. The molecule has 20 heavy (non-hydrogen) atoms. The average molecular weight is 276 g/mol. The van der Waals surface area contributed by atoms with Crippen LogP contribution >= 0.6 is 0 Å². The van der Waals surface area contributed by atoms with Crippen LogP contribution in [-0.2, 0) is 11.2 Å². The zero-order valence-electron chi connectivity index (χ0n) is 12.0. The molecule has 1 aromatic carbocycles. The molecular formula is C16H24N2O2. The highest BCUT2D eigenvalue weighted by Gasteiger charge is 2.22. The SMILES string of the molecule is CC1CCC(NC(=O)C(N)Cc2ccc(O)cc2)CC1. The van der Waals surface area contributed by atoms with E-state index in [4.69, 9.17) is 5.73 Å². The van der Waals surface area contributed by atoms with Gasteiger partial charge in [-0.3, -0.25) is 4.79 Å². The molecule has 1 fully saturated rings. The van der Waals surface area contributed by atoms with Gasteiger partial charge >= 0.3 is 0 Å². The second-order valence-corrected chi connectivity index (χ2v) is 5.94. The van der Waals surface area contributed by atoms with Crippen LogP contribution in [0, 0.1) is 5.92 Å². The van der Waals surface area contributed by atoms with Gasteiger partial charge in [-0.1, -0.05) is 19.1 Å². The first-order valence-corrected chi connectivity index (χ1v) is 7.38. The smallest absolute Gasteiger partial charge is 0.237 e. The molecule has 1 aliphatic rings. The van der Waals surface area contributed by atoms with Crippen LogP contribution in [0.15, 0.2) is 24.3 Å². The molecule has 0 saturated heterocycles. The number of rotatable bonds is 4. The Morgan fingerprint density at radius 2 is 1.90 bits per heavy atom. The second kappa shape index (κ2) is 6.75. The summed E-state index contributed by atoms with van der Waals surface area (Å²) < 4.78 is 0. The van der Waals surface area contributed by atoms with Gasteiger partial charge in [0.25, 0.3) is 0 Å². The Balaban J connectivity index is 1.81. The van der Waals surface area contributed by atoms with E-state index in [0.29, 0.717) is 6.42 Å². The van der Waals surface area contributed by atoms with E-state index in [-0.39, 0.29) is 17.7 Å². The number of nitrogens with two attached hydrogens (primary N) is 1. The van der Waals surface area contributed by atoms with E-state index in [1.54, 1.807) is 24.3 Å². The van der Waals surface area contributed by atoms with Crippen molar-refractivity contribution < 1.29 is 9.90 Å². The number of carbonyl (C=O) groups excluding carboxylic acids is 1. The van der Waals surface area contributed by atoms with Gasteiger partial charge in [0.1, 0.15) is 5.75 Å². The highest BCUT2D eigenvalue weighted by molar-refractivity contribution is 5.82. The molecule has 0 aromatic heterocycles. The lowest BCUT2D eigenvalue weighted by Crippen LogP contribution is -2.47. The zero-order chi connectivity index (χ0) is 14.5. The number of hydrogen-bond acceptors (Lipinski definition) is 3. The summed E-state index contributed by atoms with van der Waals surface area (Å²) in [7, 11) is 0. The summed E-state index contributed by atoms with van der Waals surface area (Å²) in [6, 6.07) is 6.57. The largest absolute Gasteiger partial charge is 0.508 e. The number of benzene rings is 1. The lowest BCUT2D eigenvalue weighted by atomic mass is 9.87. The van der Waals surface area contributed by atoms with Crippen molar-refractivity contribution in [1.82, 2.24) is 5.32 Å². The molecule has 1 atom stereocenters. The minimum Gasteiger partial charge on any atom is -0.508 e. The summed E-state index contributed by atoms with van der Waals surface area (Å²) in [6.07, 6.45) is 4.96. The first kappa shape index (κ1) is 14.9. The van der Waals surface area contributed by atoms with E-state index in [9.17, 15) is 9.90 Å². The number of amides is 1. The molecule has 4 heteroatoms. The summed E-state index contributed by atoms with van der Waals surface area (Å²) in [4.78, 5) is 12.1. The molecule has 2 rings (SSSR count). The molecule has 1 saturated carbocycles. The molecule has 0 spiro atoms. The molecule has 4 N–H and O–H groups in total. The standard InChI is InChI=1S/C16H24N2O2/c1-11-2-6-13(7-3-11)18-16(20)15(17)10-12-4-8-14(19)9-5-12/h4-5,8-9,11,13,15,19H,2-3,6-7,10,17H2,1H3,(H,18,20). The number of phenols is 1. The first-order valence-electron chi connectivity index (χ1n) is 7.38. The van der Waals surface area contributed by atoms with E-state index < -0.39 is 6.04 Å². The third-order valence-electron chi connectivity index (χ3n) is 4.09. The fraction of sp³-hybridized carbons (Fsp3) is 0.562. The van der Waals surface area contributed by atoms with Crippen LogP contribution in [0.3, 0.4) is 0 Å². The van der Waals surface area contributed by atoms with Gasteiger partial charge in [0.2, 0.25) is 5.91 Å². The third kappa shape index (κ3) is 4.23. The maximum absolute atomic E-state index is 12.1. The van der Waals surface area contributed by atoms with Gasteiger partial charge in [-0.25, -0.2) is 0 Å². The second-order valence-electron chi connectivity index (χ2n) is 5.94. The van der Waals surface area contributed by atoms with E-state index in [1.807, 2.05) is 0 Å². The quantitative estimate of drug-likeness (QED) is 0.787. The van der Waals surface area contributed by atoms with Crippen LogP contribution in [0.25, 0.3) is 0 Å². The molecule has 0 heterocycles. The molecule has 0 radical (unpaired) electrons. The fourth-order valence-corrected chi connectivity index (χ4v) is 2.69. The van der Waals surface area contributed by atoms with Crippen molar-refractivity contribution in [3.8, 4) is 5.75 Å². The van der Waals surface area contributed by atoms with E-state index in [2.05, 4.69) is 12.2 Å². The highest BCUT2D eigenvalue weighted by Crippen LogP contribution is 2.23. The Morgan fingerprint density at radius 1 is 1.30 bits per heavy atom. The number of hydrogen-bond donors (Lipinski definition) is 3. The monoisotopic (exact) mass is 276 g/mol. The van der Waals surface area contributed by atoms with Crippen LogP contribution < -0.4 is 11.1 Å². The summed E-state index contributed by atoms with van der Waals surface area (Å²) in [6.45, 7) is 2.26. The van der Waals surface area contributed by atoms with Gasteiger partial charge < -0.3 is 16.2 Å². The predicted molar refractivity (Wildman–Crippen MR) is 79.3 cm³/mol. The van der Waals surface area contributed by atoms with E-state index >= 15 is 0 Å².